The Labute approximate surface area is 377 Å². The molecule has 2 aromatic heterocycles. The van der Waals surface area contributed by atoms with E-state index in [4.69, 9.17) is 26.1 Å². The van der Waals surface area contributed by atoms with Gasteiger partial charge < -0.3 is 39.4 Å². The van der Waals surface area contributed by atoms with Gasteiger partial charge in [-0.15, -0.1) is 0 Å². The van der Waals surface area contributed by atoms with Gasteiger partial charge in [0.2, 0.25) is 17.8 Å². The molecule has 5 aliphatic rings. The Bertz CT molecular complexity index is 2540. The van der Waals surface area contributed by atoms with Crippen molar-refractivity contribution >= 4 is 63.6 Å². The molecular weight excluding hydrogens is 838 g/mol. The predicted molar refractivity (Wildman–Crippen MR) is 242 cm³/mol. The number of likely N-dealkylation sites (tertiary alicyclic amines) is 1. The average molecular weight is 894 g/mol. The predicted octanol–water partition coefficient (Wildman–Crippen LogP) is 5.36. The SMILES string of the molecule is CNC(=O)COc1cc2cc(Nc3nc(N4CCC(O[C@H]5C[C@H](N6CCC(c7ccc8c(c7C)CN(C7CCC(=O)NC7=O)C8=O)CC6)C5)CC4)ncc3Cl)ccc2n(C(C)C)c1=O. The second-order valence-corrected chi connectivity index (χ2v) is 18.5. The van der Waals surface area contributed by atoms with Gasteiger partial charge in [-0.05, 0) is 132 Å². The number of imide groups is 1. The second-order valence-electron chi connectivity index (χ2n) is 18.1. The van der Waals surface area contributed by atoms with Gasteiger partial charge in [0.05, 0.1) is 23.9 Å². The number of amides is 4. The number of aromatic nitrogens is 3. The fourth-order valence-electron chi connectivity index (χ4n) is 10.2. The van der Waals surface area contributed by atoms with E-state index in [9.17, 15) is 24.0 Å². The molecule has 338 valence electrons. The third-order valence-electron chi connectivity index (χ3n) is 13.9. The van der Waals surface area contributed by atoms with E-state index >= 15 is 0 Å². The summed E-state index contributed by atoms with van der Waals surface area (Å²) in [5.74, 6) is 0.481. The number of rotatable bonds is 12. The molecule has 17 heteroatoms. The molecule has 3 N–H and O–H groups in total. The third-order valence-corrected chi connectivity index (χ3v) is 14.1. The molecule has 1 atom stereocenters. The van der Waals surface area contributed by atoms with Crippen molar-refractivity contribution in [1.29, 1.82) is 0 Å². The summed E-state index contributed by atoms with van der Waals surface area (Å²) < 4.78 is 13.9. The first kappa shape index (κ1) is 43.7. The van der Waals surface area contributed by atoms with E-state index < -0.39 is 6.04 Å². The molecule has 0 radical (unpaired) electrons. The van der Waals surface area contributed by atoms with Crippen molar-refractivity contribution in [3.8, 4) is 5.75 Å². The molecule has 9 rings (SSSR count). The number of halogens is 1. The largest absolute Gasteiger partial charge is 0.478 e. The van der Waals surface area contributed by atoms with Crippen LogP contribution in [0.4, 0.5) is 17.5 Å². The highest BCUT2D eigenvalue weighted by Gasteiger charge is 2.41. The first-order chi connectivity index (χ1) is 30.8. The van der Waals surface area contributed by atoms with E-state index in [1.165, 1.54) is 12.6 Å². The maximum atomic E-state index is 13.3. The number of ether oxygens (including phenoxy) is 2. The number of pyridine rings is 1. The van der Waals surface area contributed by atoms with Crippen LogP contribution in [-0.2, 0) is 25.7 Å². The number of carbonyl (C=O) groups is 4. The summed E-state index contributed by atoms with van der Waals surface area (Å²) in [6, 6.07) is 11.2. The fourth-order valence-corrected chi connectivity index (χ4v) is 10.3. The van der Waals surface area contributed by atoms with Crippen molar-refractivity contribution in [3.05, 3.63) is 80.2 Å². The van der Waals surface area contributed by atoms with Crippen LogP contribution in [0, 0.1) is 6.92 Å². The Balaban J connectivity index is 0.746. The Morgan fingerprint density at radius 1 is 0.969 bits per heavy atom. The van der Waals surface area contributed by atoms with Crippen molar-refractivity contribution in [2.45, 2.75) is 115 Å². The second kappa shape index (κ2) is 18.1. The first-order valence-corrected chi connectivity index (χ1v) is 23.0. The molecule has 4 amide bonds. The monoisotopic (exact) mass is 893 g/mol. The summed E-state index contributed by atoms with van der Waals surface area (Å²) in [6.07, 6.45) is 8.67. The molecule has 1 saturated carbocycles. The van der Waals surface area contributed by atoms with Crippen LogP contribution in [0.5, 0.6) is 5.75 Å². The first-order valence-electron chi connectivity index (χ1n) is 22.6. The van der Waals surface area contributed by atoms with Gasteiger partial charge in [-0.3, -0.25) is 29.3 Å². The number of piperidine rings is 3. The Hall–Kier alpha value is -5.58. The highest BCUT2D eigenvalue weighted by atomic mass is 35.5. The zero-order valence-corrected chi connectivity index (χ0v) is 37.6. The number of hydrogen-bond donors (Lipinski definition) is 3. The molecule has 4 aliphatic heterocycles. The number of nitrogens with one attached hydrogen (secondary N) is 3. The lowest BCUT2D eigenvalue weighted by atomic mass is 9.81. The molecular formula is C47H56ClN9O7. The number of hydrogen-bond acceptors (Lipinski definition) is 12. The summed E-state index contributed by atoms with van der Waals surface area (Å²) in [7, 11) is 1.52. The Kier molecular flexibility index (Phi) is 12.4. The molecule has 4 fully saturated rings. The van der Waals surface area contributed by atoms with Crippen molar-refractivity contribution in [2.24, 2.45) is 0 Å². The molecule has 1 aliphatic carbocycles. The van der Waals surface area contributed by atoms with E-state index in [0.29, 0.717) is 47.3 Å². The molecule has 2 aromatic carbocycles. The summed E-state index contributed by atoms with van der Waals surface area (Å²) in [5, 5.41) is 9.38. The maximum Gasteiger partial charge on any atom is 0.293 e. The van der Waals surface area contributed by atoms with Gasteiger partial charge >= 0.3 is 0 Å². The van der Waals surface area contributed by atoms with Crippen LogP contribution in [0.3, 0.4) is 0 Å². The average Bonchev–Trinajstić information content (AvgIpc) is 3.61. The van der Waals surface area contributed by atoms with E-state index in [2.05, 4.69) is 43.7 Å². The van der Waals surface area contributed by atoms with E-state index in [0.717, 1.165) is 92.4 Å². The number of fused-ring (bicyclic) bond motifs is 2. The minimum Gasteiger partial charge on any atom is -0.478 e. The maximum absolute atomic E-state index is 13.3. The highest BCUT2D eigenvalue weighted by molar-refractivity contribution is 6.33. The Morgan fingerprint density at radius 3 is 2.45 bits per heavy atom. The number of anilines is 3. The van der Waals surface area contributed by atoms with E-state index in [1.54, 1.807) is 21.7 Å². The zero-order valence-electron chi connectivity index (χ0n) is 36.8. The molecule has 1 unspecified atom stereocenters. The summed E-state index contributed by atoms with van der Waals surface area (Å²) in [4.78, 5) is 78.5. The third kappa shape index (κ3) is 8.66. The summed E-state index contributed by atoms with van der Waals surface area (Å²) in [5.41, 5.74) is 5.32. The lowest BCUT2D eigenvalue weighted by Crippen LogP contribution is -2.52. The zero-order chi connectivity index (χ0) is 44.8. The fraction of sp³-hybridized carbons (Fsp3) is 0.511. The normalized spacial score (nSPS) is 22.2. The van der Waals surface area contributed by atoms with Crippen LogP contribution in [-0.4, -0.2) is 112 Å². The molecule has 6 heterocycles. The lowest BCUT2D eigenvalue weighted by Gasteiger charge is -2.47. The van der Waals surface area contributed by atoms with Crippen molar-refractivity contribution in [2.75, 3.05) is 50.1 Å². The van der Waals surface area contributed by atoms with Gasteiger partial charge in [0, 0.05) is 61.8 Å². The molecule has 64 heavy (non-hydrogen) atoms. The molecule has 4 aromatic rings. The van der Waals surface area contributed by atoms with Gasteiger partial charge in [0.25, 0.3) is 17.4 Å². The van der Waals surface area contributed by atoms with Gasteiger partial charge in [-0.1, -0.05) is 17.7 Å². The van der Waals surface area contributed by atoms with Gasteiger partial charge in [0.15, 0.2) is 18.2 Å². The summed E-state index contributed by atoms with van der Waals surface area (Å²) >= 11 is 6.61. The number of benzene rings is 2. The smallest absolute Gasteiger partial charge is 0.293 e. The van der Waals surface area contributed by atoms with E-state index in [1.807, 2.05) is 38.1 Å². The number of likely N-dealkylation sites (N-methyl/N-ethyl adjacent to an activating group) is 1. The topological polar surface area (TPSA) is 180 Å². The minimum atomic E-state index is -0.602. The van der Waals surface area contributed by atoms with Gasteiger partial charge in [-0.25, -0.2) is 4.98 Å². The van der Waals surface area contributed by atoms with Crippen molar-refractivity contribution < 1.29 is 28.7 Å². The van der Waals surface area contributed by atoms with Crippen molar-refractivity contribution in [3.63, 3.8) is 0 Å². The van der Waals surface area contributed by atoms with Gasteiger partial charge in [-0.2, -0.15) is 4.98 Å². The van der Waals surface area contributed by atoms with Crippen LogP contribution in [0.25, 0.3) is 10.9 Å². The number of nitrogens with zero attached hydrogens (tertiary/aromatic N) is 6. The molecule has 3 saturated heterocycles. The van der Waals surface area contributed by atoms with Crippen LogP contribution in [0.1, 0.15) is 104 Å². The standard InChI is InChI=1S/C47H56ClN9O7/c1-26(2)57-38-8-5-30(19-29(38)20-40(46(57)62)63-25-42(59)49-4)51-43-37(48)23-50-47(53-43)55-17-13-32(14-18-55)64-33-21-31(22-33)54-15-11-28(12-16-54)34-6-7-35-36(27(34)3)24-56(45(35)61)39-9-10-41(58)52-44(39)60/h5-8,19-20,23,26,28,31-33,39H,9-18,21-22,24-25H2,1-4H3,(H,49,59)(H,50,51,53)(H,52,58,60)/t31-,33-,39?. The van der Waals surface area contributed by atoms with Crippen LogP contribution in [0.2, 0.25) is 5.02 Å². The lowest BCUT2D eigenvalue weighted by molar-refractivity contribution is -0.137. The quantitative estimate of drug-likeness (QED) is 0.155. The molecule has 16 nitrogen and oxygen atoms in total. The molecule has 0 spiro atoms. The van der Waals surface area contributed by atoms with Gasteiger partial charge in [0.1, 0.15) is 11.1 Å². The van der Waals surface area contributed by atoms with E-state index in [-0.39, 0.29) is 66.2 Å². The Morgan fingerprint density at radius 2 is 1.73 bits per heavy atom. The minimum absolute atomic E-state index is 0.0955. The number of carbonyl (C=O) groups excluding carboxylic acids is 4. The molecule has 0 bridgehead atoms. The van der Waals surface area contributed by atoms with Crippen LogP contribution >= 0.6 is 11.6 Å². The van der Waals surface area contributed by atoms with Crippen LogP contribution < -0.4 is 31.1 Å². The summed E-state index contributed by atoms with van der Waals surface area (Å²) in [6.45, 7) is 9.72. The van der Waals surface area contributed by atoms with Crippen molar-refractivity contribution in [1.82, 2.24) is 35.0 Å². The van der Waals surface area contributed by atoms with Crippen LogP contribution in [0.15, 0.2) is 47.4 Å². The highest BCUT2D eigenvalue weighted by Crippen LogP contribution is 2.40.